The fraction of sp³-hybridized carbons (Fsp3) is 0.500. The Labute approximate surface area is 120 Å². The predicted octanol–water partition coefficient (Wildman–Crippen LogP) is 2.40. The number of hydrogen-bond donors (Lipinski definition) is 0. The highest BCUT2D eigenvalue weighted by atomic mass is 16.2. The topological polar surface area (TPSA) is 40.6 Å². The van der Waals surface area contributed by atoms with Gasteiger partial charge in [-0.3, -0.25) is 14.5 Å². The van der Waals surface area contributed by atoms with Crippen molar-refractivity contribution in [2.75, 3.05) is 26.2 Å². The van der Waals surface area contributed by atoms with Gasteiger partial charge in [-0.25, -0.2) is 0 Å². The van der Waals surface area contributed by atoms with E-state index in [2.05, 4.69) is 18.7 Å². The summed E-state index contributed by atoms with van der Waals surface area (Å²) in [6, 6.07) is 7.05. The zero-order valence-electron chi connectivity index (χ0n) is 12.3. The molecule has 0 aromatic heterocycles. The molecule has 0 N–H and O–H groups in total. The largest absolute Gasteiger partial charge is 0.304 e. The number of fused-ring (bicyclic) bond motifs is 1. The molecule has 0 saturated carbocycles. The quantitative estimate of drug-likeness (QED) is 0.566. The summed E-state index contributed by atoms with van der Waals surface area (Å²) in [5, 5.41) is 0. The summed E-state index contributed by atoms with van der Waals surface area (Å²) >= 11 is 0. The van der Waals surface area contributed by atoms with Crippen LogP contribution in [0.3, 0.4) is 0 Å². The van der Waals surface area contributed by atoms with E-state index in [1.54, 1.807) is 24.3 Å². The maximum Gasteiger partial charge on any atom is 0.261 e. The average molecular weight is 274 g/mol. The minimum absolute atomic E-state index is 0.145. The number of carbonyl (C=O) groups is 2. The second-order valence-corrected chi connectivity index (χ2v) is 5.04. The normalized spacial score (nSPS) is 14.2. The first-order valence-corrected chi connectivity index (χ1v) is 7.36. The number of carbonyl (C=O) groups excluding carboxylic acids is 2. The van der Waals surface area contributed by atoms with Crippen LogP contribution in [0.5, 0.6) is 0 Å². The van der Waals surface area contributed by atoms with E-state index in [9.17, 15) is 9.59 Å². The van der Waals surface area contributed by atoms with Gasteiger partial charge in [0.1, 0.15) is 0 Å². The highest BCUT2D eigenvalue weighted by Crippen LogP contribution is 2.22. The molecule has 2 rings (SSSR count). The minimum atomic E-state index is -0.145. The maximum atomic E-state index is 12.1. The second kappa shape index (κ2) is 6.66. The van der Waals surface area contributed by atoms with Crippen molar-refractivity contribution in [1.29, 1.82) is 0 Å². The van der Waals surface area contributed by atoms with E-state index in [0.29, 0.717) is 17.7 Å². The van der Waals surface area contributed by atoms with Gasteiger partial charge >= 0.3 is 0 Å². The first-order valence-electron chi connectivity index (χ1n) is 7.36. The van der Waals surface area contributed by atoms with Crippen LogP contribution in [0, 0.1) is 0 Å². The van der Waals surface area contributed by atoms with Crippen molar-refractivity contribution in [2.45, 2.75) is 26.7 Å². The number of amides is 2. The molecule has 1 aromatic rings. The third-order valence-corrected chi connectivity index (χ3v) is 3.88. The summed E-state index contributed by atoms with van der Waals surface area (Å²) in [5.41, 5.74) is 1.09. The third kappa shape index (κ3) is 2.90. The van der Waals surface area contributed by atoms with E-state index in [-0.39, 0.29) is 11.8 Å². The molecule has 0 unspecified atom stereocenters. The molecule has 1 aliphatic rings. The molecule has 1 aromatic carbocycles. The Hall–Kier alpha value is -1.68. The van der Waals surface area contributed by atoms with Crippen LogP contribution >= 0.6 is 0 Å². The smallest absolute Gasteiger partial charge is 0.261 e. The molecule has 4 heteroatoms. The Kier molecular flexibility index (Phi) is 4.90. The van der Waals surface area contributed by atoms with Crippen molar-refractivity contribution in [3.8, 4) is 0 Å². The summed E-state index contributed by atoms with van der Waals surface area (Å²) in [7, 11) is 0. The van der Waals surface area contributed by atoms with E-state index < -0.39 is 0 Å². The summed E-state index contributed by atoms with van der Waals surface area (Å²) in [5.74, 6) is -0.290. The van der Waals surface area contributed by atoms with Crippen LogP contribution in [-0.4, -0.2) is 47.8 Å². The minimum Gasteiger partial charge on any atom is -0.304 e. The predicted molar refractivity (Wildman–Crippen MR) is 78.8 cm³/mol. The fourth-order valence-corrected chi connectivity index (χ4v) is 2.59. The van der Waals surface area contributed by atoms with Crippen molar-refractivity contribution >= 4 is 11.8 Å². The Morgan fingerprint density at radius 1 is 0.950 bits per heavy atom. The summed E-state index contributed by atoms with van der Waals surface area (Å²) < 4.78 is 0. The summed E-state index contributed by atoms with van der Waals surface area (Å²) in [6.07, 6.45) is 1.87. The Morgan fingerprint density at radius 3 is 2.00 bits per heavy atom. The molecule has 1 aliphatic heterocycles. The van der Waals surface area contributed by atoms with Crippen LogP contribution in [0.2, 0.25) is 0 Å². The molecule has 1 heterocycles. The highest BCUT2D eigenvalue weighted by molar-refractivity contribution is 6.21. The van der Waals surface area contributed by atoms with Gasteiger partial charge in [0.15, 0.2) is 0 Å². The summed E-state index contributed by atoms with van der Waals surface area (Å²) in [4.78, 5) is 28.0. The van der Waals surface area contributed by atoms with Crippen LogP contribution < -0.4 is 0 Å². The van der Waals surface area contributed by atoms with Gasteiger partial charge in [0.05, 0.1) is 11.1 Å². The SMILES string of the molecule is CCN(CC)CCCCN1C(=O)c2ccccc2C1=O. The van der Waals surface area contributed by atoms with Gasteiger partial charge < -0.3 is 4.90 Å². The molecule has 0 aliphatic carbocycles. The first kappa shape index (κ1) is 14.7. The molecule has 4 nitrogen and oxygen atoms in total. The number of imide groups is 1. The molecule has 20 heavy (non-hydrogen) atoms. The number of unbranched alkanes of at least 4 members (excludes halogenated alkanes) is 1. The number of rotatable bonds is 7. The lowest BCUT2D eigenvalue weighted by atomic mass is 10.1. The maximum absolute atomic E-state index is 12.1. The van der Waals surface area contributed by atoms with Crippen LogP contribution in [0.25, 0.3) is 0 Å². The van der Waals surface area contributed by atoms with Crippen molar-refractivity contribution in [1.82, 2.24) is 9.80 Å². The molecule has 0 fully saturated rings. The standard InChI is InChI=1S/C16H22N2O2/c1-3-17(4-2)11-7-8-12-18-15(19)13-9-5-6-10-14(13)16(18)20/h5-6,9-10H,3-4,7-8,11-12H2,1-2H3. The van der Waals surface area contributed by atoms with E-state index >= 15 is 0 Å². The molecule has 0 bridgehead atoms. The number of nitrogens with zero attached hydrogens (tertiary/aromatic N) is 2. The molecule has 108 valence electrons. The lowest BCUT2D eigenvalue weighted by Crippen LogP contribution is -2.31. The molecule has 0 spiro atoms. The van der Waals surface area contributed by atoms with E-state index in [1.165, 1.54) is 4.90 Å². The van der Waals surface area contributed by atoms with Gasteiger partial charge in [-0.1, -0.05) is 26.0 Å². The highest BCUT2D eigenvalue weighted by Gasteiger charge is 2.34. The van der Waals surface area contributed by atoms with E-state index in [4.69, 9.17) is 0 Å². The molecule has 2 amide bonds. The lowest BCUT2D eigenvalue weighted by molar-refractivity contribution is 0.0650. The molecule has 0 atom stereocenters. The summed E-state index contributed by atoms with van der Waals surface area (Å²) in [6.45, 7) is 7.93. The zero-order valence-corrected chi connectivity index (χ0v) is 12.3. The molecular formula is C16H22N2O2. The molecule has 0 radical (unpaired) electrons. The lowest BCUT2D eigenvalue weighted by Gasteiger charge is -2.19. The zero-order chi connectivity index (χ0) is 14.5. The van der Waals surface area contributed by atoms with Gasteiger partial charge in [0, 0.05) is 6.54 Å². The van der Waals surface area contributed by atoms with Crippen LogP contribution in [0.15, 0.2) is 24.3 Å². The van der Waals surface area contributed by atoms with Gasteiger partial charge in [0.25, 0.3) is 11.8 Å². The van der Waals surface area contributed by atoms with Crippen molar-refractivity contribution < 1.29 is 9.59 Å². The van der Waals surface area contributed by atoms with Crippen molar-refractivity contribution in [2.24, 2.45) is 0 Å². The number of hydrogen-bond acceptors (Lipinski definition) is 3. The number of benzene rings is 1. The van der Waals surface area contributed by atoms with E-state index in [1.807, 2.05) is 0 Å². The van der Waals surface area contributed by atoms with Gasteiger partial charge in [0.2, 0.25) is 0 Å². The fourth-order valence-electron chi connectivity index (χ4n) is 2.59. The first-order chi connectivity index (χ1) is 9.69. The van der Waals surface area contributed by atoms with Gasteiger partial charge in [-0.2, -0.15) is 0 Å². The van der Waals surface area contributed by atoms with Crippen LogP contribution in [0.1, 0.15) is 47.4 Å². The van der Waals surface area contributed by atoms with Gasteiger partial charge in [-0.05, 0) is 44.6 Å². The van der Waals surface area contributed by atoms with Crippen molar-refractivity contribution in [3.63, 3.8) is 0 Å². The monoisotopic (exact) mass is 274 g/mol. The third-order valence-electron chi connectivity index (χ3n) is 3.88. The Morgan fingerprint density at radius 2 is 1.50 bits per heavy atom. The second-order valence-electron chi connectivity index (χ2n) is 5.04. The van der Waals surface area contributed by atoms with Crippen LogP contribution in [0.4, 0.5) is 0 Å². The molecular weight excluding hydrogens is 252 g/mol. The van der Waals surface area contributed by atoms with E-state index in [0.717, 1.165) is 32.5 Å². The Balaban J connectivity index is 1.87. The average Bonchev–Trinajstić information content (AvgIpc) is 2.72. The van der Waals surface area contributed by atoms with Crippen molar-refractivity contribution in [3.05, 3.63) is 35.4 Å². The molecule has 0 saturated heterocycles. The van der Waals surface area contributed by atoms with Gasteiger partial charge in [-0.15, -0.1) is 0 Å². The van der Waals surface area contributed by atoms with Crippen LogP contribution in [-0.2, 0) is 0 Å². The Bertz CT molecular complexity index is 460.